The first kappa shape index (κ1) is 78.4. The molecule has 11 rings (SSSR count). The summed E-state index contributed by atoms with van der Waals surface area (Å²) in [5.41, 5.74) is 12.2. The monoisotopic (exact) mass is 1380 g/mol. The number of ether oxygens (including phenoxy) is 1. The van der Waals surface area contributed by atoms with Gasteiger partial charge >= 0.3 is 65.5 Å². The Morgan fingerprint density at radius 3 is 1.43 bits per heavy atom. The second-order valence-electron chi connectivity index (χ2n) is 19.9. The van der Waals surface area contributed by atoms with Crippen molar-refractivity contribution in [2.24, 2.45) is 0 Å². The van der Waals surface area contributed by atoms with Gasteiger partial charge in [0.1, 0.15) is 17.1 Å². The molecule has 0 spiro atoms. The third-order valence-electron chi connectivity index (χ3n) is 13.9. The van der Waals surface area contributed by atoms with E-state index in [1.807, 2.05) is 121 Å². The number of aromatic nitrogens is 1. The van der Waals surface area contributed by atoms with Gasteiger partial charge in [0.25, 0.3) is 11.7 Å². The number of Topliss-reactive ketones (excluding diaryl/α,β-unsaturated/α-hetero) is 3. The quantitative estimate of drug-likeness (QED) is 0.0307. The van der Waals surface area contributed by atoms with Crippen LogP contribution in [0.15, 0.2) is 146 Å². The predicted molar refractivity (Wildman–Crippen MR) is 346 cm³/mol. The molecule has 4 N–H and O–H groups in total. The van der Waals surface area contributed by atoms with Crippen molar-refractivity contribution in [2.75, 3.05) is 36.2 Å². The number of benzene rings is 6. The summed E-state index contributed by atoms with van der Waals surface area (Å²) in [6.07, 6.45) is 15.9. The number of carbonyl (C=O) groups is 6. The number of carbonyl (C=O) groups excluding carboxylic acids is 5. The molecule has 4 aliphatic rings. The third-order valence-corrected chi connectivity index (χ3v) is 15.0. The molecule has 2 aliphatic heterocycles. The molecule has 0 bridgehead atoms. The molecule has 1 fully saturated rings. The number of rotatable bonds is 14. The standard InChI is InChI=1S/C22H21NO3.C12H11NO2.2C10H11ClO.C8H9.C4H8O.C2H2Cl2O.BrH.Na.H2O.Zn/c24-21-18(13-10-14-6-2-1-3-7-14)23-20-16-9-5-4-8-15(16)11-12-17(20)19(21)22(25)26;14-11-9-6-5-7-3-1-2-4-8(7)10(9)13-12(11)15;2*11-8-10(12)7-6-9-4-2-1-3-5-9;1-2-8-6-4-3-5-7-8;1-2-4-5-3-1;3-1-2(4)5;;;;/h1-3,6-7,11-12,24H,4-5,8-10,13H2,(H,25,26);5-6H,1-4H2,(H,13,14,15);2*1-5H,6-8H2;3-7H,1-2H2;1-4H2;1H2;1H;;1H2;/q;;;;-1;;;;+1;;+2/p-2. The summed E-state index contributed by atoms with van der Waals surface area (Å²) < 4.78 is 4.94. The second-order valence-corrected chi connectivity index (χ2v) is 21.1. The van der Waals surface area contributed by atoms with E-state index < -0.39 is 22.9 Å². The Labute approximate surface area is 570 Å². The van der Waals surface area contributed by atoms with Gasteiger partial charge in [0.2, 0.25) is 5.24 Å². The molecule has 87 heavy (non-hydrogen) atoms. The number of carboxylic acids is 1. The van der Waals surface area contributed by atoms with Crippen LogP contribution in [0, 0.1) is 6.92 Å². The average Bonchev–Trinajstić information content (AvgIpc) is 3.42. The second kappa shape index (κ2) is 45.6. The van der Waals surface area contributed by atoms with Gasteiger partial charge in [-0.15, -0.1) is 34.8 Å². The Hall–Kier alpha value is -4.67. The number of aryl methyl sites for hydroxylation is 7. The van der Waals surface area contributed by atoms with Crippen LogP contribution < -0.4 is 34.9 Å². The van der Waals surface area contributed by atoms with Gasteiger partial charge < -0.3 is 32.7 Å². The summed E-state index contributed by atoms with van der Waals surface area (Å²) in [4.78, 5) is 70.5. The zero-order valence-electron chi connectivity index (χ0n) is 49.4. The number of halogens is 5. The Morgan fingerprint density at radius 2 is 1.01 bits per heavy atom. The van der Waals surface area contributed by atoms with E-state index in [1.54, 1.807) is 12.1 Å². The molecule has 19 heteroatoms. The van der Waals surface area contributed by atoms with Gasteiger partial charge in [0.15, 0.2) is 5.75 Å². The minimum atomic E-state index is -1.10. The molecule has 0 unspecified atom stereocenters. The van der Waals surface area contributed by atoms with Crippen molar-refractivity contribution in [2.45, 2.75) is 109 Å². The van der Waals surface area contributed by atoms with Crippen LogP contribution in [-0.4, -0.2) is 86.0 Å². The van der Waals surface area contributed by atoms with Gasteiger partial charge in [-0.25, -0.2) is 9.78 Å². The van der Waals surface area contributed by atoms with Crippen molar-refractivity contribution >= 4 is 111 Å². The number of hydrogen-bond donors (Lipinski definition) is 3. The van der Waals surface area contributed by atoms with Crippen LogP contribution in [0.25, 0.3) is 10.9 Å². The van der Waals surface area contributed by atoms with Crippen LogP contribution in [0.5, 0.6) is 5.75 Å². The summed E-state index contributed by atoms with van der Waals surface area (Å²) in [7, 11) is 0. The van der Waals surface area contributed by atoms with Gasteiger partial charge in [0.05, 0.1) is 40.1 Å². The van der Waals surface area contributed by atoms with Crippen LogP contribution in [0.4, 0.5) is 5.69 Å². The van der Waals surface area contributed by atoms with Gasteiger partial charge in [-0.05, 0) is 147 Å². The minimum absolute atomic E-state index is 0. The number of aromatic hydroxyl groups is 1. The van der Waals surface area contributed by atoms with Crippen molar-refractivity contribution in [1.29, 1.82) is 0 Å². The molecule has 12 nitrogen and oxygen atoms in total. The topological polar surface area (TPSA) is 207 Å². The third kappa shape index (κ3) is 27.9. The van der Waals surface area contributed by atoms with Gasteiger partial charge in [-0.1, -0.05) is 145 Å². The fourth-order valence-electron chi connectivity index (χ4n) is 9.49. The molecule has 1 saturated heterocycles. The van der Waals surface area contributed by atoms with Gasteiger partial charge in [-0.2, -0.15) is 6.42 Å². The maximum absolute atomic E-state index is 11.8. The van der Waals surface area contributed by atoms with Crippen molar-refractivity contribution in [3.8, 4) is 5.75 Å². The van der Waals surface area contributed by atoms with E-state index in [2.05, 4.69) is 38.0 Å². The molecule has 0 saturated carbocycles. The molecule has 454 valence electrons. The molecular formula is C68H74BrCl4N2NaO10Zn. The molecule has 0 radical (unpaired) electrons. The molecular weight excluding hydrogens is 1310 g/mol. The Kier molecular flexibility index (Phi) is 41.1. The molecule has 1 aromatic heterocycles. The molecule has 2 aliphatic carbocycles. The van der Waals surface area contributed by atoms with Crippen molar-refractivity contribution in [1.82, 2.24) is 4.98 Å². The summed E-state index contributed by atoms with van der Waals surface area (Å²) in [6, 6.07) is 47.6. The van der Waals surface area contributed by atoms with Crippen molar-refractivity contribution in [3.05, 3.63) is 214 Å². The van der Waals surface area contributed by atoms with E-state index in [0.29, 0.717) is 42.3 Å². The number of aromatic carboxylic acids is 1. The van der Waals surface area contributed by atoms with Crippen molar-refractivity contribution < 1.29 is 95.1 Å². The fraction of sp³-hybridized carbons (Fsp3) is 0.324. The fourth-order valence-corrected chi connectivity index (χ4v) is 9.76. The Balaban J connectivity index is 0.000000368. The van der Waals surface area contributed by atoms with E-state index in [1.165, 1.54) is 69.0 Å². The number of alkyl halides is 3. The van der Waals surface area contributed by atoms with E-state index >= 15 is 0 Å². The zero-order valence-corrected chi connectivity index (χ0v) is 58.9. The predicted octanol–water partition coefficient (Wildman–Crippen LogP) is 12.4. The number of hydrogen-bond acceptors (Lipinski definition) is 10. The summed E-state index contributed by atoms with van der Waals surface area (Å²) >= 11 is 24.5. The maximum atomic E-state index is 11.8. The molecule has 7 aromatic rings. The summed E-state index contributed by atoms with van der Waals surface area (Å²) in [5.74, 6) is -1.78. The number of anilines is 1. The number of pyridine rings is 1. The molecule has 6 aromatic carbocycles. The van der Waals surface area contributed by atoms with E-state index in [9.17, 15) is 39.0 Å². The van der Waals surface area contributed by atoms with Crippen LogP contribution in [-0.2, 0) is 98.0 Å². The van der Waals surface area contributed by atoms with Gasteiger partial charge in [0, 0.05) is 31.4 Å². The van der Waals surface area contributed by atoms with Crippen LogP contribution >= 0.6 is 60.0 Å². The average molecular weight is 1390 g/mol. The summed E-state index contributed by atoms with van der Waals surface area (Å²) in [5, 5.41) is 23.0. The first-order valence-electron chi connectivity index (χ1n) is 28.4. The van der Waals surface area contributed by atoms with Gasteiger partial charge in [-0.3, -0.25) is 24.0 Å². The SMILES string of the molecule is C1CCOC1.O=C(CCl)CCc1ccccc1.O=C(CCl)CCc1ccccc1.O=C(Cl)CCl.O=C(O)c1c(O)c(CCc2ccccc2)nc2c3c(ccc12)CCCC3.O=C1Nc2c(ccc3c2CCCC3)C1=O.[CH2-]Cc1ccccc1.[Na+].[OH-].[Zn+][Br]. The van der Waals surface area contributed by atoms with E-state index in [-0.39, 0.29) is 75.6 Å². The number of carboxylic acid groups (broad SMARTS) is 1. The zero-order chi connectivity index (χ0) is 61.8. The Bertz CT molecular complexity index is 3140. The van der Waals surface area contributed by atoms with Crippen LogP contribution in [0.2, 0.25) is 0 Å². The number of amides is 1. The first-order chi connectivity index (χ1) is 41.3. The number of nitrogens with one attached hydrogen (secondary N) is 1. The number of nitrogens with zero attached hydrogens (tertiary/aromatic N) is 1. The first-order valence-corrected chi connectivity index (χ1v) is 37.3. The molecule has 3 heterocycles. The van der Waals surface area contributed by atoms with E-state index in [0.717, 1.165) is 99.8 Å². The van der Waals surface area contributed by atoms with Crippen molar-refractivity contribution in [3.63, 3.8) is 0 Å². The number of fused-ring (bicyclic) bond motifs is 6. The van der Waals surface area contributed by atoms with Crippen LogP contribution in [0.1, 0.15) is 122 Å². The molecule has 1 amide bonds. The molecule has 0 atom stereocenters. The Morgan fingerprint density at radius 1 is 0.586 bits per heavy atom. The normalized spacial score (nSPS) is 12.6. The number of ketones is 3. The summed E-state index contributed by atoms with van der Waals surface area (Å²) in [6.45, 7) is 5.76. The van der Waals surface area contributed by atoms with Crippen LogP contribution in [0.3, 0.4) is 0 Å². The van der Waals surface area contributed by atoms with E-state index in [4.69, 9.17) is 56.1 Å².